The molecule has 0 bridgehead atoms. The number of nitrogens with zero attached hydrogens (tertiary/aromatic N) is 5. The number of nitrogens with one attached hydrogen (secondary N) is 1. The number of pyridine rings is 1. The van der Waals surface area contributed by atoms with Crippen molar-refractivity contribution in [3.8, 4) is 6.07 Å². The van der Waals surface area contributed by atoms with Crippen molar-refractivity contribution in [3.05, 3.63) is 52.7 Å². The van der Waals surface area contributed by atoms with Crippen LogP contribution in [-0.2, 0) is 0 Å². The van der Waals surface area contributed by atoms with Gasteiger partial charge in [-0.1, -0.05) is 29.4 Å². The summed E-state index contributed by atoms with van der Waals surface area (Å²) < 4.78 is 0. The molecular weight excluding hydrogens is 252 g/mol. The molecule has 0 aliphatic carbocycles. The Morgan fingerprint density at radius 1 is 1.40 bits per heavy atom. The van der Waals surface area contributed by atoms with Crippen molar-refractivity contribution in [1.82, 2.24) is 10.3 Å². The smallest absolute Gasteiger partial charge is 0.123 e. The van der Waals surface area contributed by atoms with E-state index in [9.17, 15) is 5.26 Å². The molecule has 1 aromatic carbocycles. The van der Waals surface area contributed by atoms with Crippen LogP contribution in [0.4, 0.5) is 0 Å². The summed E-state index contributed by atoms with van der Waals surface area (Å²) in [5.41, 5.74) is 9.06. The average Bonchev–Trinajstić information content (AvgIpc) is 2.51. The van der Waals surface area contributed by atoms with Gasteiger partial charge in [-0.15, -0.1) is 0 Å². The predicted octanol–water partition coefficient (Wildman–Crippen LogP) is 3.09. The van der Waals surface area contributed by atoms with Crippen molar-refractivity contribution in [1.29, 1.82) is 5.26 Å². The van der Waals surface area contributed by atoms with Gasteiger partial charge in [0.2, 0.25) is 0 Å². The standard InChI is InChI=1S/C14H14N6/c15-8-14(18-6-3-7-19-20-16)13-10-17-9-11-4-1-2-5-12(11)13/h1-2,4-5,9-10,14,18H,3,6-7H2. The van der Waals surface area contributed by atoms with Crippen LogP contribution in [-0.4, -0.2) is 18.1 Å². The summed E-state index contributed by atoms with van der Waals surface area (Å²) >= 11 is 0. The molecule has 0 radical (unpaired) electrons. The van der Waals surface area contributed by atoms with E-state index >= 15 is 0 Å². The van der Waals surface area contributed by atoms with E-state index in [0.29, 0.717) is 19.5 Å². The highest BCUT2D eigenvalue weighted by atomic mass is 15.1. The zero-order valence-corrected chi connectivity index (χ0v) is 10.9. The summed E-state index contributed by atoms with van der Waals surface area (Å²) in [5.74, 6) is 0. The van der Waals surface area contributed by atoms with E-state index < -0.39 is 6.04 Å². The maximum Gasteiger partial charge on any atom is 0.123 e. The van der Waals surface area contributed by atoms with Gasteiger partial charge < -0.3 is 0 Å². The maximum absolute atomic E-state index is 9.32. The summed E-state index contributed by atoms with van der Waals surface area (Å²) in [7, 11) is 0. The molecule has 0 fully saturated rings. The molecule has 2 aromatic rings. The van der Waals surface area contributed by atoms with E-state index in [4.69, 9.17) is 5.53 Å². The zero-order chi connectivity index (χ0) is 14.2. The number of hydrogen-bond donors (Lipinski definition) is 1. The normalized spacial score (nSPS) is 11.6. The highest BCUT2D eigenvalue weighted by molar-refractivity contribution is 5.85. The highest BCUT2D eigenvalue weighted by Crippen LogP contribution is 2.22. The molecule has 1 atom stereocenters. The Balaban J connectivity index is 2.14. The molecule has 0 amide bonds. The molecule has 0 aliphatic heterocycles. The van der Waals surface area contributed by atoms with Crippen LogP contribution in [0.25, 0.3) is 21.2 Å². The molecule has 1 N–H and O–H groups in total. The minimum atomic E-state index is -0.417. The second kappa shape index (κ2) is 7.10. The van der Waals surface area contributed by atoms with Gasteiger partial charge in [-0.25, -0.2) is 0 Å². The molecule has 20 heavy (non-hydrogen) atoms. The van der Waals surface area contributed by atoms with Crippen LogP contribution in [0.2, 0.25) is 0 Å². The lowest BCUT2D eigenvalue weighted by Crippen LogP contribution is -2.22. The Hall–Kier alpha value is -2.61. The fourth-order valence-corrected chi connectivity index (χ4v) is 2.04. The van der Waals surface area contributed by atoms with Crippen LogP contribution >= 0.6 is 0 Å². The summed E-state index contributed by atoms with van der Waals surface area (Å²) in [6, 6.07) is 9.68. The molecule has 6 nitrogen and oxygen atoms in total. The highest BCUT2D eigenvalue weighted by Gasteiger charge is 2.12. The number of rotatable bonds is 6. The molecular formula is C14H14N6. The third-order valence-electron chi connectivity index (χ3n) is 2.99. The molecule has 6 heteroatoms. The number of aromatic nitrogens is 1. The van der Waals surface area contributed by atoms with Gasteiger partial charge in [0.1, 0.15) is 6.04 Å². The van der Waals surface area contributed by atoms with Gasteiger partial charge in [0, 0.05) is 34.8 Å². The average molecular weight is 266 g/mol. The van der Waals surface area contributed by atoms with E-state index in [1.54, 1.807) is 12.4 Å². The molecule has 0 saturated carbocycles. The molecule has 1 unspecified atom stereocenters. The van der Waals surface area contributed by atoms with Crippen molar-refractivity contribution in [2.75, 3.05) is 13.1 Å². The van der Waals surface area contributed by atoms with Crippen LogP contribution in [0.3, 0.4) is 0 Å². The lowest BCUT2D eigenvalue weighted by Gasteiger charge is -2.13. The summed E-state index contributed by atoms with van der Waals surface area (Å²) in [5, 5.41) is 18.0. The van der Waals surface area contributed by atoms with Crippen molar-refractivity contribution in [2.24, 2.45) is 5.11 Å². The van der Waals surface area contributed by atoms with Gasteiger partial charge in [0.05, 0.1) is 6.07 Å². The first-order chi connectivity index (χ1) is 9.86. The first-order valence-electron chi connectivity index (χ1n) is 6.33. The minimum Gasteiger partial charge on any atom is -0.298 e. The van der Waals surface area contributed by atoms with E-state index in [0.717, 1.165) is 16.3 Å². The Labute approximate surface area is 116 Å². The van der Waals surface area contributed by atoms with Crippen LogP contribution in [0.5, 0.6) is 0 Å². The zero-order valence-electron chi connectivity index (χ0n) is 10.9. The maximum atomic E-state index is 9.32. The number of hydrogen-bond acceptors (Lipinski definition) is 4. The molecule has 100 valence electrons. The Bertz CT molecular complexity index is 663. The van der Waals surface area contributed by atoms with Gasteiger partial charge in [0.25, 0.3) is 0 Å². The number of azide groups is 1. The molecule has 1 aromatic heterocycles. The van der Waals surface area contributed by atoms with E-state index in [1.807, 2.05) is 24.3 Å². The molecule has 0 aliphatic rings. The number of benzene rings is 1. The van der Waals surface area contributed by atoms with Crippen molar-refractivity contribution in [3.63, 3.8) is 0 Å². The van der Waals surface area contributed by atoms with Crippen LogP contribution in [0.1, 0.15) is 18.0 Å². The summed E-state index contributed by atoms with van der Waals surface area (Å²) in [6.45, 7) is 1.04. The Morgan fingerprint density at radius 2 is 2.25 bits per heavy atom. The molecule has 2 rings (SSSR count). The van der Waals surface area contributed by atoms with E-state index in [1.165, 1.54) is 0 Å². The van der Waals surface area contributed by atoms with Gasteiger partial charge in [-0.3, -0.25) is 10.3 Å². The van der Waals surface area contributed by atoms with Crippen LogP contribution in [0, 0.1) is 11.3 Å². The number of fused-ring (bicyclic) bond motifs is 1. The summed E-state index contributed by atoms with van der Waals surface area (Å²) in [6.07, 6.45) is 4.20. The summed E-state index contributed by atoms with van der Waals surface area (Å²) in [4.78, 5) is 6.88. The molecule has 1 heterocycles. The van der Waals surface area contributed by atoms with Gasteiger partial charge in [-0.05, 0) is 23.9 Å². The molecule has 0 saturated heterocycles. The fourth-order valence-electron chi connectivity index (χ4n) is 2.04. The second-order valence-electron chi connectivity index (χ2n) is 4.27. The monoisotopic (exact) mass is 266 g/mol. The Kier molecular flexibility index (Phi) is 4.90. The predicted molar refractivity (Wildman–Crippen MR) is 76.7 cm³/mol. The third-order valence-corrected chi connectivity index (χ3v) is 2.99. The third kappa shape index (κ3) is 3.23. The first kappa shape index (κ1) is 13.8. The van der Waals surface area contributed by atoms with Crippen molar-refractivity contribution in [2.45, 2.75) is 12.5 Å². The fraction of sp³-hybridized carbons (Fsp3) is 0.286. The largest absolute Gasteiger partial charge is 0.298 e. The van der Waals surface area contributed by atoms with Crippen LogP contribution < -0.4 is 5.32 Å². The number of nitriles is 1. The van der Waals surface area contributed by atoms with Crippen molar-refractivity contribution >= 4 is 10.8 Å². The lowest BCUT2D eigenvalue weighted by atomic mass is 10.0. The lowest BCUT2D eigenvalue weighted by molar-refractivity contribution is 0.609. The topological polar surface area (TPSA) is 97.5 Å². The first-order valence-corrected chi connectivity index (χ1v) is 6.33. The second-order valence-corrected chi connectivity index (χ2v) is 4.27. The van der Waals surface area contributed by atoms with Crippen LogP contribution in [0.15, 0.2) is 41.8 Å². The van der Waals surface area contributed by atoms with Gasteiger partial charge in [-0.2, -0.15) is 5.26 Å². The van der Waals surface area contributed by atoms with Gasteiger partial charge >= 0.3 is 0 Å². The van der Waals surface area contributed by atoms with Crippen molar-refractivity contribution < 1.29 is 0 Å². The van der Waals surface area contributed by atoms with E-state index in [-0.39, 0.29) is 0 Å². The van der Waals surface area contributed by atoms with Gasteiger partial charge in [0.15, 0.2) is 0 Å². The quantitative estimate of drug-likeness (QED) is 0.376. The minimum absolute atomic E-state index is 0.417. The molecule has 0 spiro atoms. The SMILES string of the molecule is N#CC(NCCCN=[N+]=[N-])c1cncc2ccccc12. The van der Waals surface area contributed by atoms with E-state index in [2.05, 4.69) is 26.4 Å². The Morgan fingerprint density at radius 3 is 3.05 bits per heavy atom.